The summed E-state index contributed by atoms with van der Waals surface area (Å²) < 4.78 is 39.0. The van der Waals surface area contributed by atoms with Crippen LogP contribution in [0.4, 0.5) is 14.6 Å². The van der Waals surface area contributed by atoms with Crippen LogP contribution in [0.3, 0.4) is 0 Å². The van der Waals surface area contributed by atoms with Crippen LogP contribution in [0.5, 0.6) is 6.01 Å². The predicted molar refractivity (Wildman–Crippen MR) is 177 cm³/mol. The maximum absolute atomic E-state index is 15.6. The first-order valence-corrected chi connectivity index (χ1v) is 17.6. The lowest BCUT2D eigenvalue weighted by molar-refractivity contribution is 0.0821. The highest BCUT2D eigenvalue weighted by Crippen LogP contribution is 2.50. The largest absolute Gasteiger partial charge is 0.461 e. The quantitative estimate of drug-likeness (QED) is 0.380. The van der Waals surface area contributed by atoms with Crippen molar-refractivity contribution in [3.63, 3.8) is 0 Å². The molecule has 1 amide bonds. The summed E-state index contributed by atoms with van der Waals surface area (Å²) in [7, 11) is 5.36. The first kappa shape index (κ1) is 31.9. The highest BCUT2D eigenvalue weighted by molar-refractivity contribution is 6.34. The van der Waals surface area contributed by atoms with Gasteiger partial charge in [0.05, 0.1) is 34.0 Å². The predicted octanol–water partition coefficient (Wildman–Crippen LogP) is 4.80. The normalized spacial score (nSPS) is 26.7. The maximum atomic E-state index is 15.6. The van der Waals surface area contributed by atoms with Gasteiger partial charge in [-0.3, -0.25) is 19.3 Å². The Balaban J connectivity index is 1.20. The van der Waals surface area contributed by atoms with Crippen LogP contribution in [-0.4, -0.2) is 93.3 Å². The van der Waals surface area contributed by atoms with Crippen molar-refractivity contribution < 1.29 is 18.3 Å². The molecule has 1 spiro atoms. The number of fused-ring (bicyclic) bond motifs is 5. The average Bonchev–Trinajstić information content (AvgIpc) is 3.75. The zero-order chi connectivity index (χ0) is 33.5. The minimum Gasteiger partial charge on any atom is -0.461 e. The van der Waals surface area contributed by atoms with E-state index < -0.39 is 5.54 Å². The van der Waals surface area contributed by atoms with Crippen molar-refractivity contribution in [1.29, 1.82) is 0 Å². The van der Waals surface area contributed by atoms with Crippen molar-refractivity contribution in [3.8, 4) is 6.01 Å². The molecule has 0 N–H and O–H groups in total. The summed E-state index contributed by atoms with van der Waals surface area (Å²) in [5, 5.41) is 4.96. The van der Waals surface area contributed by atoms with E-state index in [1.807, 2.05) is 11.7 Å². The number of hydrogen-bond acceptors (Lipinski definition) is 8. The van der Waals surface area contributed by atoms with Crippen LogP contribution >= 0.6 is 11.6 Å². The monoisotopic (exact) mass is 680 g/mol. The van der Waals surface area contributed by atoms with Crippen molar-refractivity contribution in [1.82, 2.24) is 34.4 Å². The second kappa shape index (κ2) is 11.6. The van der Waals surface area contributed by atoms with Gasteiger partial charge in [-0.2, -0.15) is 15.1 Å². The van der Waals surface area contributed by atoms with Crippen molar-refractivity contribution in [2.45, 2.75) is 82.6 Å². The zero-order valence-corrected chi connectivity index (χ0v) is 28.9. The Bertz CT molecular complexity index is 1800. The summed E-state index contributed by atoms with van der Waals surface area (Å²) in [5.41, 5.74) is 2.94. The third kappa shape index (κ3) is 4.92. The number of hydrogen-bond donors (Lipinski definition) is 0. The molecule has 2 saturated heterocycles. The molecule has 5 aliphatic rings. The molecule has 1 aliphatic carbocycles. The van der Waals surface area contributed by atoms with Crippen molar-refractivity contribution in [3.05, 3.63) is 62.6 Å². The van der Waals surface area contributed by atoms with Crippen LogP contribution in [0.15, 0.2) is 12.1 Å². The van der Waals surface area contributed by atoms with Crippen LogP contribution in [0.2, 0.25) is 5.02 Å². The van der Waals surface area contributed by atoms with Gasteiger partial charge < -0.3 is 14.5 Å². The van der Waals surface area contributed by atoms with E-state index in [1.54, 1.807) is 14.1 Å². The standard InChI is InChI=1S/C35H43ClF2N8O2/c1-21-15-34(10-5-13-45(34)17-21)20-48-33-39-26-16-35(11-9-22-24(37)7-8-25(38)28(22)35)43(4)18-23(26)31(40-33)44-12-6-14-46-27(19-44)29(36)30(41-46)32(47)42(2)3/h7-8,21H,5-6,9-20H2,1-4H3/t21-,34+,35+/m1/s1. The molecule has 3 aromatic rings. The Hall–Kier alpha value is -3.35. The lowest BCUT2D eigenvalue weighted by atomic mass is 9.80. The lowest BCUT2D eigenvalue weighted by Gasteiger charge is -2.44. The Labute approximate surface area is 285 Å². The summed E-state index contributed by atoms with van der Waals surface area (Å²) in [6, 6.07) is 2.80. The number of likely N-dealkylation sites (N-methyl/N-ethyl adjacent to an activating group) is 1. The van der Waals surface area contributed by atoms with Gasteiger partial charge in [0.2, 0.25) is 0 Å². The molecule has 6 heterocycles. The Morgan fingerprint density at radius 2 is 1.90 bits per heavy atom. The number of aryl methyl sites for hydroxylation is 1. The molecule has 13 heteroatoms. The number of rotatable bonds is 5. The molecule has 0 radical (unpaired) electrons. The van der Waals surface area contributed by atoms with E-state index in [4.69, 9.17) is 26.3 Å². The third-order valence-corrected chi connectivity index (χ3v) is 12.0. The summed E-state index contributed by atoms with van der Waals surface area (Å²) in [6.45, 7) is 7.15. The highest BCUT2D eigenvalue weighted by atomic mass is 35.5. The van der Waals surface area contributed by atoms with Crippen molar-refractivity contribution >= 4 is 23.3 Å². The van der Waals surface area contributed by atoms with Crippen LogP contribution in [-0.2, 0) is 38.0 Å². The Morgan fingerprint density at radius 1 is 1.08 bits per heavy atom. The van der Waals surface area contributed by atoms with E-state index in [1.165, 1.54) is 17.0 Å². The van der Waals surface area contributed by atoms with Gasteiger partial charge in [0, 0.05) is 57.8 Å². The lowest BCUT2D eigenvalue weighted by Crippen LogP contribution is -2.48. The second-order valence-electron chi connectivity index (χ2n) is 14.9. The summed E-state index contributed by atoms with van der Waals surface area (Å²) in [6.07, 6.45) is 5.59. The number of benzene rings is 1. The minimum absolute atomic E-state index is 0.0106. The van der Waals surface area contributed by atoms with Gasteiger partial charge in [-0.05, 0) is 75.7 Å². The molecule has 2 aromatic heterocycles. The van der Waals surface area contributed by atoms with Crippen LogP contribution < -0.4 is 9.64 Å². The second-order valence-corrected chi connectivity index (χ2v) is 15.3. The van der Waals surface area contributed by atoms with Gasteiger partial charge in [0.1, 0.15) is 24.1 Å². The molecule has 0 unspecified atom stereocenters. The van der Waals surface area contributed by atoms with E-state index in [9.17, 15) is 9.18 Å². The number of nitrogens with zero attached hydrogens (tertiary/aromatic N) is 8. The first-order valence-electron chi connectivity index (χ1n) is 17.2. The summed E-state index contributed by atoms with van der Waals surface area (Å²) >= 11 is 6.85. The van der Waals surface area contributed by atoms with Gasteiger partial charge in [0.25, 0.3) is 5.91 Å². The fourth-order valence-corrected chi connectivity index (χ4v) is 9.59. The topological polar surface area (TPSA) is 82.9 Å². The van der Waals surface area contributed by atoms with Crippen LogP contribution in [0.25, 0.3) is 0 Å². The fourth-order valence-electron chi connectivity index (χ4n) is 9.32. The molecule has 48 heavy (non-hydrogen) atoms. The molecule has 4 aliphatic heterocycles. The molecule has 256 valence electrons. The molecule has 3 atom stereocenters. The highest BCUT2D eigenvalue weighted by Gasteiger charge is 2.50. The Kier molecular flexibility index (Phi) is 7.72. The van der Waals surface area contributed by atoms with Gasteiger partial charge >= 0.3 is 6.01 Å². The van der Waals surface area contributed by atoms with Gasteiger partial charge in [-0.1, -0.05) is 18.5 Å². The molecule has 0 bridgehead atoms. The first-order chi connectivity index (χ1) is 23.0. The minimum atomic E-state index is -0.721. The fraction of sp³-hybridized carbons (Fsp3) is 0.600. The van der Waals surface area contributed by atoms with E-state index in [-0.39, 0.29) is 28.8 Å². The Morgan fingerprint density at radius 3 is 2.71 bits per heavy atom. The molecule has 2 fully saturated rings. The zero-order valence-electron chi connectivity index (χ0n) is 28.2. The number of amides is 1. The van der Waals surface area contributed by atoms with Crippen molar-refractivity contribution in [2.75, 3.05) is 52.3 Å². The van der Waals surface area contributed by atoms with E-state index in [0.717, 1.165) is 61.5 Å². The van der Waals surface area contributed by atoms with Gasteiger partial charge in [-0.15, -0.1) is 0 Å². The SMILES string of the molecule is C[C@H]1CN2CCC[C@@]2(COc2nc3c(c(N4CCCn5nc(C(=O)N(C)C)c(Cl)c5C4)n2)CN(C)[C@@]2(CCc4c(F)ccc(F)c42)C3)C1. The molecular weight excluding hydrogens is 638 g/mol. The summed E-state index contributed by atoms with van der Waals surface area (Å²) in [4.78, 5) is 31.4. The molecular formula is C35H43ClF2N8O2. The van der Waals surface area contributed by atoms with Crippen molar-refractivity contribution in [2.24, 2.45) is 5.92 Å². The van der Waals surface area contributed by atoms with Gasteiger partial charge in [0.15, 0.2) is 5.69 Å². The number of carbonyl (C=O) groups excluding carboxylic acids is 1. The van der Waals surface area contributed by atoms with E-state index in [0.29, 0.717) is 80.1 Å². The average molecular weight is 681 g/mol. The molecule has 1 aromatic carbocycles. The number of anilines is 1. The van der Waals surface area contributed by atoms with Crippen LogP contribution in [0, 0.1) is 17.6 Å². The molecule has 8 rings (SSSR count). The summed E-state index contributed by atoms with van der Waals surface area (Å²) in [5.74, 6) is 0.390. The molecule has 0 saturated carbocycles. The number of aromatic nitrogens is 4. The van der Waals surface area contributed by atoms with Crippen LogP contribution in [0.1, 0.15) is 77.6 Å². The van der Waals surface area contributed by atoms with E-state index >= 15 is 4.39 Å². The maximum Gasteiger partial charge on any atom is 0.318 e. The van der Waals surface area contributed by atoms with E-state index in [2.05, 4.69) is 26.7 Å². The number of halogens is 3. The van der Waals surface area contributed by atoms with Gasteiger partial charge in [-0.25, -0.2) is 8.78 Å². The number of ether oxygens (including phenoxy) is 1. The third-order valence-electron chi connectivity index (χ3n) is 11.6. The molecule has 10 nitrogen and oxygen atoms in total. The number of carbonyl (C=O) groups is 1. The smallest absolute Gasteiger partial charge is 0.318 e.